The maximum atomic E-state index is 12.3. The summed E-state index contributed by atoms with van der Waals surface area (Å²) in [6.07, 6.45) is 1.99. The van der Waals surface area contributed by atoms with E-state index in [1.54, 1.807) is 18.2 Å². The Morgan fingerprint density at radius 1 is 1.57 bits per heavy atom. The van der Waals surface area contributed by atoms with E-state index in [0.717, 1.165) is 12.8 Å². The van der Waals surface area contributed by atoms with Crippen LogP contribution in [-0.2, 0) is 9.53 Å². The molecule has 1 amide bonds. The van der Waals surface area contributed by atoms with Gasteiger partial charge in [0.15, 0.2) is 0 Å². The molecule has 2 atom stereocenters. The first kappa shape index (κ1) is 15.5. The Kier molecular flexibility index (Phi) is 5.73. The first-order chi connectivity index (χ1) is 10.2. The van der Waals surface area contributed by atoms with Gasteiger partial charge in [0.25, 0.3) is 0 Å². The van der Waals surface area contributed by atoms with Crippen molar-refractivity contribution in [3.8, 4) is 11.8 Å². The molecule has 1 aromatic heterocycles. The molecule has 2 N–H and O–H groups in total. The standard InChI is InChI=1S/C16H20N2O3/c1-2-14-13(9-11-21-14)16(20)18-15-8-5-7-12(17-15)6-3-4-10-19/h5,7-8,13-14,19H,2,4,9-11H2,1H3,(H,17,18,20). The lowest BCUT2D eigenvalue weighted by Crippen LogP contribution is -2.29. The Hall–Kier alpha value is -1.90. The summed E-state index contributed by atoms with van der Waals surface area (Å²) in [7, 11) is 0. The second-order valence-corrected chi connectivity index (χ2v) is 4.89. The molecule has 5 nitrogen and oxygen atoms in total. The van der Waals surface area contributed by atoms with Crippen molar-refractivity contribution in [2.24, 2.45) is 5.92 Å². The van der Waals surface area contributed by atoms with E-state index in [1.807, 2.05) is 6.92 Å². The van der Waals surface area contributed by atoms with Crippen molar-refractivity contribution in [3.63, 3.8) is 0 Å². The number of amides is 1. The van der Waals surface area contributed by atoms with Crippen LogP contribution in [0.15, 0.2) is 18.2 Å². The van der Waals surface area contributed by atoms with Gasteiger partial charge >= 0.3 is 0 Å². The second-order valence-electron chi connectivity index (χ2n) is 4.89. The molecule has 1 fully saturated rings. The van der Waals surface area contributed by atoms with Crippen LogP contribution in [-0.4, -0.2) is 35.3 Å². The van der Waals surface area contributed by atoms with Gasteiger partial charge in [0.2, 0.25) is 5.91 Å². The van der Waals surface area contributed by atoms with Crippen molar-refractivity contribution in [2.75, 3.05) is 18.5 Å². The third kappa shape index (κ3) is 4.28. The summed E-state index contributed by atoms with van der Waals surface area (Å²) in [6, 6.07) is 5.31. The minimum Gasteiger partial charge on any atom is -0.395 e. The average Bonchev–Trinajstić information content (AvgIpc) is 2.96. The number of carbonyl (C=O) groups is 1. The Bertz CT molecular complexity index is 548. The molecular formula is C16H20N2O3. The first-order valence-corrected chi connectivity index (χ1v) is 7.24. The van der Waals surface area contributed by atoms with Crippen molar-refractivity contribution >= 4 is 11.7 Å². The minimum absolute atomic E-state index is 0.00229. The number of aliphatic hydroxyl groups excluding tert-OH is 1. The zero-order chi connectivity index (χ0) is 15.1. The number of rotatable bonds is 4. The van der Waals surface area contributed by atoms with Gasteiger partial charge < -0.3 is 15.2 Å². The predicted molar refractivity (Wildman–Crippen MR) is 79.6 cm³/mol. The summed E-state index contributed by atoms with van der Waals surface area (Å²) in [5.41, 5.74) is 0.580. The van der Waals surface area contributed by atoms with E-state index < -0.39 is 0 Å². The lowest BCUT2D eigenvalue weighted by atomic mass is 9.99. The highest BCUT2D eigenvalue weighted by atomic mass is 16.5. The van der Waals surface area contributed by atoms with Gasteiger partial charge in [0.05, 0.1) is 18.6 Å². The monoisotopic (exact) mass is 288 g/mol. The highest BCUT2D eigenvalue weighted by Gasteiger charge is 2.32. The molecule has 1 aliphatic rings. The van der Waals surface area contributed by atoms with E-state index in [-0.39, 0.29) is 24.5 Å². The Balaban J connectivity index is 2.01. The van der Waals surface area contributed by atoms with Crippen LogP contribution in [0.1, 0.15) is 31.9 Å². The summed E-state index contributed by atoms with van der Waals surface area (Å²) in [5, 5.41) is 11.5. The van der Waals surface area contributed by atoms with Crippen molar-refractivity contribution in [3.05, 3.63) is 23.9 Å². The van der Waals surface area contributed by atoms with Gasteiger partial charge in [-0.05, 0) is 30.9 Å². The molecular weight excluding hydrogens is 268 g/mol. The highest BCUT2D eigenvalue weighted by Crippen LogP contribution is 2.24. The third-order valence-electron chi connectivity index (χ3n) is 3.40. The number of nitrogens with zero attached hydrogens (tertiary/aromatic N) is 1. The second kappa shape index (κ2) is 7.77. The van der Waals surface area contributed by atoms with Gasteiger partial charge in [0.1, 0.15) is 11.5 Å². The van der Waals surface area contributed by atoms with Gasteiger partial charge in [-0.25, -0.2) is 4.98 Å². The van der Waals surface area contributed by atoms with E-state index in [2.05, 4.69) is 22.1 Å². The van der Waals surface area contributed by atoms with Crippen LogP contribution in [0.4, 0.5) is 5.82 Å². The first-order valence-electron chi connectivity index (χ1n) is 7.24. The van der Waals surface area contributed by atoms with Gasteiger partial charge in [0, 0.05) is 13.0 Å². The van der Waals surface area contributed by atoms with Crippen LogP contribution in [0.5, 0.6) is 0 Å². The molecule has 112 valence electrons. The van der Waals surface area contributed by atoms with Gasteiger partial charge in [-0.15, -0.1) is 0 Å². The van der Waals surface area contributed by atoms with Crippen molar-refractivity contribution in [1.82, 2.24) is 4.98 Å². The fraction of sp³-hybridized carbons (Fsp3) is 0.500. The van der Waals surface area contributed by atoms with Crippen LogP contribution in [0.25, 0.3) is 0 Å². The molecule has 1 saturated heterocycles. The van der Waals surface area contributed by atoms with Crippen molar-refractivity contribution in [2.45, 2.75) is 32.3 Å². The number of carbonyl (C=O) groups excluding carboxylic acids is 1. The molecule has 2 heterocycles. The SMILES string of the molecule is CCC1OCCC1C(=O)Nc1cccc(C#CCCO)n1. The molecule has 0 saturated carbocycles. The number of anilines is 1. The summed E-state index contributed by atoms with van der Waals surface area (Å²) in [4.78, 5) is 16.5. The molecule has 0 spiro atoms. The van der Waals surface area contributed by atoms with Crippen LogP contribution in [0.2, 0.25) is 0 Å². The fourth-order valence-corrected chi connectivity index (χ4v) is 2.35. The zero-order valence-electron chi connectivity index (χ0n) is 12.1. The maximum absolute atomic E-state index is 12.3. The summed E-state index contributed by atoms with van der Waals surface area (Å²) < 4.78 is 5.54. The lowest BCUT2D eigenvalue weighted by Gasteiger charge is -2.16. The van der Waals surface area contributed by atoms with E-state index in [1.165, 1.54) is 0 Å². The van der Waals surface area contributed by atoms with Gasteiger partial charge in [-0.1, -0.05) is 18.9 Å². The molecule has 0 radical (unpaired) electrons. The Labute approximate surface area is 124 Å². The van der Waals surface area contributed by atoms with Crippen LogP contribution < -0.4 is 5.32 Å². The summed E-state index contributed by atoms with van der Waals surface area (Å²) in [6.45, 7) is 2.69. The molecule has 21 heavy (non-hydrogen) atoms. The number of hydrogen-bond acceptors (Lipinski definition) is 4. The molecule has 2 rings (SSSR count). The topological polar surface area (TPSA) is 71.5 Å². The largest absolute Gasteiger partial charge is 0.395 e. The number of aliphatic hydroxyl groups is 1. The minimum atomic E-state index is -0.110. The summed E-state index contributed by atoms with van der Waals surface area (Å²) >= 11 is 0. The fourth-order valence-electron chi connectivity index (χ4n) is 2.35. The Morgan fingerprint density at radius 2 is 2.43 bits per heavy atom. The zero-order valence-corrected chi connectivity index (χ0v) is 12.1. The van der Waals surface area contributed by atoms with Gasteiger partial charge in [-0.3, -0.25) is 4.79 Å². The molecule has 0 aromatic carbocycles. The van der Waals surface area contributed by atoms with E-state index in [9.17, 15) is 4.79 Å². The smallest absolute Gasteiger partial charge is 0.231 e. The Morgan fingerprint density at radius 3 is 3.19 bits per heavy atom. The van der Waals surface area contributed by atoms with E-state index in [4.69, 9.17) is 9.84 Å². The van der Waals surface area contributed by atoms with E-state index in [0.29, 0.717) is 24.5 Å². The number of aromatic nitrogens is 1. The molecule has 5 heteroatoms. The van der Waals surface area contributed by atoms with Crippen LogP contribution >= 0.6 is 0 Å². The normalized spacial score (nSPS) is 20.7. The van der Waals surface area contributed by atoms with Crippen molar-refractivity contribution < 1.29 is 14.6 Å². The number of nitrogens with one attached hydrogen (secondary N) is 1. The van der Waals surface area contributed by atoms with Crippen LogP contribution in [0.3, 0.4) is 0 Å². The average molecular weight is 288 g/mol. The molecule has 1 aliphatic heterocycles. The quantitative estimate of drug-likeness (QED) is 0.825. The van der Waals surface area contributed by atoms with Gasteiger partial charge in [-0.2, -0.15) is 0 Å². The van der Waals surface area contributed by atoms with Crippen molar-refractivity contribution in [1.29, 1.82) is 0 Å². The highest BCUT2D eigenvalue weighted by molar-refractivity contribution is 5.92. The maximum Gasteiger partial charge on any atom is 0.231 e. The molecule has 0 bridgehead atoms. The lowest BCUT2D eigenvalue weighted by molar-refractivity contribution is -0.121. The predicted octanol–water partition coefficient (Wildman–Crippen LogP) is 1.57. The number of pyridine rings is 1. The third-order valence-corrected chi connectivity index (χ3v) is 3.40. The number of ether oxygens (including phenoxy) is 1. The molecule has 2 unspecified atom stereocenters. The van der Waals surface area contributed by atoms with Crippen LogP contribution in [0, 0.1) is 17.8 Å². The van der Waals surface area contributed by atoms with E-state index >= 15 is 0 Å². The summed E-state index contributed by atoms with van der Waals surface area (Å²) in [5.74, 6) is 6.00. The number of hydrogen-bond donors (Lipinski definition) is 2. The molecule has 1 aromatic rings. The molecule has 0 aliphatic carbocycles.